The topological polar surface area (TPSA) is 89.9 Å². The average Bonchev–Trinajstić information content (AvgIpc) is 2.64. The Morgan fingerprint density at radius 3 is 1.46 bits per heavy atom. The molecule has 0 rings (SSSR count). The Kier molecular flexibility index (Phi) is 19.3. The van der Waals surface area contributed by atoms with Gasteiger partial charge in [0.25, 0.3) is 0 Å². The minimum atomic E-state index is -1.17. The highest BCUT2D eigenvalue weighted by Gasteiger charge is 2.11. The van der Waals surface area contributed by atoms with Crippen molar-refractivity contribution in [3.8, 4) is 0 Å². The molecule has 0 heterocycles. The van der Waals surface area contributed by atoms with Crippen molar-refractivity contribution in [2.24, 2.45) is 0 Å². The van der Waals surface area contributed by atoms with Gasteiger partial charge in [-0.2, -0.15) is 0 Å². The van der Waals surface area contributed by atoms with Gasteiger partial charge in [-0.3, -0.25) is 4.79 Å². The van der Waals surface area contributed by atoms with Crippen LogP contribution in [-0.4, -0.2) is 36.2 Å². The summed E-state index contributed by atoms with van der Waals surface area (Å²) < 4.78 is 9.12. The molecule has 0 spiro atoms. The number of carboxylic acid groups (broad SMARTS) is 1. The van der Waals surface area contributed by atoms with Crippen molar-refractivity contribution in [3.05, 3.63) is 0 Å². The van der Waals surface area contributed by atoms with Gasteiger partial charge in [0.2, 0.25) is 0 Å². The maximum absolute atomic E-state index is 11.5. The fourth-order valence-electron chi connectivity index (χ4n) is 3.07. The normalized spacial score (nSPS) is 10.8. The quantitative estimate of drug-likeness (QED) is 0.167. The van der Waals surface area contributed by atoms with Gasteiger partial charge in [0.05, 0.1) is 0 Å². The summed E-state index contributed by atoms with van der Waals surface area (Å²) in [4.78, 5) is 32.9. The molecule has 6 heteroatoms. The lowest BCUT2D eigenvalue weighted by Crippen LogP contribution is -2.19. The molecular weight excluding hydrogens is 360 g/mol. The summed E-state index contributed by atoms with van der Waals surface area (Å²) in [5.41, 5.74) is 0. The summed E-state index contributed by atoms with van der Waals surface area (Å²) in [5, 5.41) is 8.37. The Labute approximate surface area is 170 Å². The Bertz CT molecular complexity index is 408. The molecule has 0 aromatic heterocycles. The van der Waals surface area contributed by atoms with Crippen LogP contribution in [0.4, 0.5) is 0 Å². The fourth-order valence-corrected chi connectivity index (χ4v) is 3.07. The molecule has 0 aromatic rings. The minimum Gasteiger partial charge on any atom is -0.480 e. The van der Waals surface area contributed by atoms with Gasteiger partial charge < -0.3 is 14.6 Å². The summed E-state index contributed by atoms with van der Waals surface area (Å²) in [6.45, 7) is 1.15. The second-order valence-electron chi connectivity index (χ2n) is 7.43. The summed E-state index contributed by atoms with van der Waals surface area (Å²) in [5.74, 6) is -2.58. The number of carboxylic acids is 1. The van der Waals surface area contributed by atoms with Crippen LogP contribution in [0.15, 0.2) is 0 Å². The van der Waals surface area contributed by atoms with E-state index in [4.69, 9.17) is 5.11 Å². The van der Waals surface area contributed by atoms with E-state index in [9.17, 15) is 14.4 Å². The molecule has 0 aliphatic carbocycles. The zero-order chi connectivity index (χ0) is 20.9. The van der Waals surface area contributed by atoms with Crippen molar-refractivity contribution >= 4 is 17.9 Å². The molecule has 0 amide bonds. The molecular formula is C22H40O6. The van der Waals surface area contributed by atoms with E-state index in [1.54, 1.807) is 0 Å². The summed E-state index contributed by atoms with van der Waals surface area (Å²) in [6, 6.07) is 0. The van der Waals surface area contributed by atoms with Gasteiger partial charge in [-0.15, -0.1) is 0 Å². The minimum absolute atomic E-state index is 0.211. The molecule has 0 atom stereocenters. The van der Waals surface area contributed by atoms with Gasteiger partial charge in [-0.1, -0.05) is 96.8 Å². The van der Waals surface area contributed by atoms with Crippen molar-refractivity contribution in [1.29, 1.82) is 0 Å². The Balaban J connectivity index is 3.27. The van der Waals surface area contributed by atoms with Gasteiger partial charge in [-0.25, -0.2) is 9.59 Å². The number of carbonyl (C=O) groups is 3. The van der Waals surface area contributed by atoms with Gasteiger partial charge in [-0.05, 0) is 6.42 Å². The van der Waals surface area contributed by atoms with Crippen LogP contribution >= 0.6 is 0 Å². The highest BCUT2D eigenvalue weighted by atomic mass is 16.6. The number of aliphatic carboxylic acids is 1. The molecule has 0 unspecified atom stereocenters. The molecule has 1 N–H and O–H groups in total. The second-order valence-corrected chi connectivity index (χ2v) is 7.43. The van der Waals surface area contributed by atoms with E-state index in [2.05, 4.69) is 16.4 Å². The van der Waals surface area contributed by atoms with Crippen LogP contribution in [0.3, 0.4) is 0 Å². The standard InChI is InChI=1S/C22H40O6/c1-2-3-4-5-6-7-8-9-10-11-12-13-14-15-16-17-21(25)28-22(26)19-27-18-20(23)24/h2-19H2,1H3,(H,23,24). The predicted molar refractivity (Wildman–Crippen MR) is 109 cm³/mol. The third-order valence-corrected chi connectivity index (χ3v) is 4.66. The predicted octanol–water partition coefficient (Wildman–Crippen LogP) is 5.42. The van der Waals surface area contributed by atoms with E-state index in [0.717, 1.165) is 12.8 Å². The molecule has 0 radical (unpaired) electrons. The monoisotopic (exact) mass is 400 g/mol. The first-order valence-corrected chi connectivity index (χ1v) is 11.1. The van der Waals surface area contributed by atoms with Crippen molar-refractivity contribution in [2.45, 2.75) is 110 Å². The Hall–Kier alpha value is -1.43. The molecule has 28 heavy (non-hydrogen) atoms. The molecule has 0 aliphatic rings. The van der Waals surface area contributed by atoms with Crippen molar-refractivity contribution < 1.29 is 29.0 Å². The van der Waals surface area contributed by atoms with Gasteiger partial charge >= 0.3 is 17.9 Å². The molecule has 0 saturated heterocycles. The zero-order valence-corrected chi connectivity index (χ0v) is 17.7. The highest BCUT2D eigenvalue weighted by Crippen LogP contribution is 2.13. The van der Waals surface area contributed by atoms with Crippen LogP contribution in [0.2, 0.25) is 0 Å². The van der Waals surface area contributed by atoms with Crippen LogP contribution in [0.5, 0.6) is 0 Å². The summed E-state index contributed by atoms with van der Waals surface area (Å²) in [6.07, 6.45) is 19.0. The number of esters is 2. The summed E-state index contributed by atoms with van der Waals surface area (Å²) >= 11 is 0. The smallest absolute Gasteiger partial charge is 0.339 e. The van der Waals surface area contributed by atoms with Crippen LogP contribution < -0.4 is 0 Å². The van der Waals surface area contributed by atoms with Crippen LogP contribution in [0, 0.1) is 0 Å². The lowest BCUT2D eigenvalue weighted by molar-refractivity contribution is -0.163. The molecule has 164 valence electrons. The molecule has 0 aromatic carbocycles. The van der Waals surface area contributed by atoms with Gasteiger partial charge in [0.1, 0.15) is 13.2 Å². The lowest BCUT2D eigenvalue weighted by Gasteiger charge is -2.04. The van der Waals surface area contributed by atoms with E-state index in [1.165, 1.54) is 77.0 Å². The lowest BCUT2D eigenvalue weighted by atomic mass is 10.0. The number of ether oxygens (including phenoxy) is 2. The molecule has 0 bridgehead atoms. The largest absolute Gasteiger partial charge is 0.480 e. The van der Waals surface area contributed by atoms with Crippen LogP contribution in [0.1, 0.15) is 110 Å². The average molecular weight is 401 g/mol. The van der Waals surface area contributed by atoms with E-state index < -0.39 is 31.1 Å². The maximum Gasteiger partial charge on any atom is 0.339 e. The van der Waals surface area contributed by atoms with Gasteiger partial charge in [0, 0.05) is 6.42 Å². The number of hydrogen-bond acceptors (Lipinski definition) is 5. The third-order valence-electron chi connectivity index (χ3n) is 4.66. The molecule has 0 aliphatic heterocycles. The Morgan fingerprint density at radius 1 is 0.607 bits per heavy atom. The number of rotatable bonds is 20. The zero-order valence-electron chi connectivity index (χ0n) is 17.7. The molecule has 0 saturated carbocycles. The maximum atomic E-state index is 11.5. The first-order valence-electron chi connectivity index (χ1n) is 11.1. The van der Waals surface area contributed by atoms with E-state index in [-0.39, 0.29) is 6.42 Å². The van der Waals surface area contributed by atoms with Crippen molar-refractivity contribution in [3.63, 3.8) is 0 Å². The SMILES string of the molecule is CCCCCCCCCCCCCCCCCC(=O)OC(=O)COCC(=O)O. The van der Waals surface area contributed by atoms with Gasteiger partial charge in [0.15, 0.2) is 0 Å². The fraction of sp³-hybridized carbons (Fsp3) is 0.864. The first kappa shape index (κ1) is 26.6. The van der Waals surface area contributed by atoms with Crippen molar-refractivity contribution in [1.82, 2.24) is 0 Å². The van der Waals surface area contributed by atoms with Crippen LogP contribution in [-0.2, 0) is 23.9 Å². The first-order chi connectivity index (χ1) is 13.6. The molecule has 0 fully saturated rings. The van der Waals surface area contributed by atoms with E-state index >= 15 is 0 Å². The highest BCUT2D eigenvalue weighted by molar-refractivity contribution is 5.86. The summed E-state index contributed by atoms with van der Waals surface area (Å²) in [7, 11) is 0. The Morgan fingerprint density at radius 2 is 1.04 bits per heavy atom. The van der Waals surface area contributed by atoms with E-state index in [1.807, 2.05) is 0 Å². The third kappa shape index (κ3) is 20.9. The number of hydrogen-bond donors (Lipinski definition) is 1. The van der Waals surface area contributed by atoms with E-state index in [0.29, 0.717) is 6.42 Å². The van der Waals surface area contributed by atoms with Crippen LogP contribution in [0.25, 0.3) is 0 Å². The molecule has 6 nitrogen and oxygen atoms in total. The number of carbonyl (C=O) groups excluding carboxylic acids is 2. The number of unbranched alkanes of at least 4 members (excludes halogenated alkanes) is 14. The second kappa shape index (κ2) is 20.3. The van der Waals surface area contributed by atoms with Crippen molar-refractivity contribution in [2.75, 3.05) is 13.2 Å².